The Morgan fingerprint density at radius 3 is 2.82 bits per heavy atom. The van der Waals surface area contributed by atoms with Gasteiger partial charge < -0.3 is 20.7 Å². The Labute approximate surface area is 130 Å². The molecule has 3 amide bonds. The second-order valence-corrected chi connectivity index (χ2v) is 5.45. The molecule has 1 saturated heterocycles. The molecule has 0 radical (unpaired) electrons. The number of hydrogen-bond donors (Lipinski definition) is 2. The number of ether oxygens (including phenoxy) is 1. The fourth-order valence-corrected chi connectivity index (χ4v) is 2.55. The van der Waals surface area contributed by atoms with E-state index in [1.807, 2.05) is 30.3 Å². The third-order valence-corrected chi connectivity index (χ3v) is 3.76. The lowest BCUT2D eigenvalue weighted by atomic mass is 9.97. The molecule has 0 bridgehead atoms. The number of nitrogens with two attached hydrogens (primary N) is 1. The Balaban J connectivity index is 1.62. The molecule has 1 fully saturated rings. The van der Waals surface area contributed by atoms with Gasteiger partial charge in [0.2, 0.25) is 5.91 Å². The van der Waals surface area contributed by atoms with Crippen LogP contribution in [0.1, 0.15) is 18.4 Å². The highest BCUT2D eigenvalue weighted by Gasteiger charge is 2.26. The molecular formula is C16H23N3O3. The van der Waals surface area contributed by atoms with E-state index < -0.39 is 6.03 Å². The topological polar surface area (TPSA) is 84.7 Å². The van der Waals surface area contributed by atoms with Crippen LogP contribution < -0.4 is 11.1 Å². The van der Waals surface area contributed by atoms with E-state index in [4.69, 9.17) is 10.5 Å². The lowest BCUT2D eigenvalue weighted by Crippen LogP contribution is -2.47. The van der Waals surface area contributed by atoms with Crippen LogP contribution in [0.4, 0.5) is 4.79 Å². The summed E-state index contributed by atoms with van der Waals surface area (Å²) in [6.45, 7) is 2.52. The molecule has 1 heterocycles. The van der Waals surface area contributed by atoms with E-state index in [0.29, 0.717) is 32.8 Å². The van der Waals surface area contributed by atoms with Crippen molar-refractivity contribution >= 4 is 11.9 Å². The van der Waals surface area contributed by atoms with Gasteiger partial charge in [-0.25, -0.2) is 4.79 Å². The highest BCUT2D eigenvalue weighted by Crippen LogP contribution is 2.16. The molecule has 1 aromatic carbocycles. The van der Waals surface area contributed by atoms with Crippen molar-refractivity contribution in [3.8, 4) is 0 Å². The van der Waals surface area contributed by atoms with E-state index in [9.17, 15) is 9.59 Å². The number of nitrogens with zero attached hydrogens (tertiary/aromatic N) is 1. The number of primary amides is 1. The molecule has 3 N–H and O–H groups in total. The molecule has 120 valence electrons. The molecule has 0 saturated carbocycles. The van der Waals surface area contributed by atoms with Crippen molar-refractivity contribution < 1.29 is 14.3 Å². The van der Waals surface area contributed by atoms with Gasteiger partial charge in [0, 0.05) is 19.6 Å². The van der Waals surface area contributed by atoms with Crippen LogP contribution in [0.2, 0.25) is 0 Å². The molecule has 1 aliphatic heterocycles. The summed E-state index contributed by atoms with van der Waals surface area (Å²) < 4.78 is 5.52. The number of piperidine rings is 1. The maximum atomic E-state index is 12.1. The number of rotatable bonds is 6. The van der Waals surface area contributed by atoms with Crippen LogP contribution in [0.15, 0.2) is 30.3 Å². The van der Waals surface area contributed by atoms with E-state index in [2.05, 4.69) is 5.32 Å². The van der Waals surface area contributed by atoms with Crippen molar-refractivity contribution in [2.24, 2.45) is 11.7 Å². The second-order valence-electron chi connectivity index (χ2n) is 5.45. The van der Waals surface area contributed by atoms with Gasteiger partial charge in [-0.05, 0) is 18.4 Å². The maximum Gasteiger partial charge on any atom is 0.314 e. The summed E-state index contributed by atoms with van der Waals surface area (Å²) in [6.07, 6.45) is 1.60. The zero-order valence-electron chi connectivity index (χ0n) is 12.7. The zero-order valence-corrected chi connectivity index (χ0v) is 12.7. The van der Waals surface area contributed by atoms with Crippen LogP contribution in [-0.2, 0) is 16.1 Å². The summed E-state index contributed by atoms with van der Waals surface area (Å²) in [5.74, 6) is -0.204. The molecular weight excluding hydrogens is 282 g/mol. The van der Waals surface area contributed by atoms with Gasteiger partial charge in [-0.1, -0.05) is 30.3 Å². The predicted molar refractivity (Wildman–Crippen MR) is 83.0 cm³/mol. The minimum absolute atomic E-state index is 0.0331. The Morgan fingerprint density at radius 2 is 2.09 bits per heavy atom. The highest BCUT2D eigenvalue weighted by atomic mass is 16.5. The molecule has 6 heteroatoms. The van der Waals surface area contributed by atoms with Crippen molar-refractivity contribution in [3.05, 3.63) is 35.9 Å². The first-order valence-corrected chi connectivity index (χ1v) is 7.60. The predicted octanol–water partition coefficient (Wildman–Crippen LogP) is 1.11. The average Bonchev–Trinajstić information content (AvgIpc) is 2.55. The summed E-state index contributed by atoms with van der Waals surface area (Å²) in [7, 11) is 0. The third kappa shape index (κ3) is 5.04. The monoisotopic (exact) mass is 305 g/mol. The number of amides is 3. The molecule has 0 spiro atoms. The largest absolute Gasteiger partial charge is 0.375 e. The first kappa shape index (κ1) is 16.3. The van der Waals surface area contributed by atoms with Crippen LogP contribution in [0.3, 0.4) is 0 Å². The van der Waals surface area contributed by atoms with Crippen LogP contribution in [-0.4, -0.2) is 43.1 Å². The molecule has 6 nitrogen and oxygen atoms in total. The molecule has 22 heavy (non-hydrogen) atoms. The van der Waals surface area contributed by atoms with E-state index >= 15 is 0 Å². The van der Waals surface area contributed by atoms with Crippen LogP contribution in [0.5, 0.6) is 0 Å². The van der Waals surface area contributed by atoms with Gasteiger partial charge in [0.15, 0.2) is 0 Å². The minimum atomic E-state index is -0.455. The van der Waals surface area contributed by atoms with Crippen molar-refractivity contribution in [1.29, 1.82) is 0 Å². The molecule has 1 atom stereocenters. The fraction of sp³-hybridized carbons (Fsp3) is 0.500. The van der Waals surface area contributed by atoms with E-state index in [1.165, 1.54) is 4.90 Å². The van der Waals surface area contributed by atoms with E-state index in [0.717, 1.165) is 18.4 Å². The van der Waals surface area contributed by atoms with Gasteiger partial charge in [-0.3, -0.25) is 4.79 Å². The van der Waals surface area contributed by atoms with Crippen LogP contribution in [0.25, 0.3) is 0 Å². The quantitative estimate of drug-likeness (QED) is 0.772. The molecule has 0 aromatic heterocycles. The average molecular weight is 305 g/mol. The number of benzene rings is 1. The van der Waals surface area contributed by atoms with Crippen molar-refractivity contribution in [2.45, 2.75) is 19.4 Å². The Hall–Kier alpha value is -2.08. The van der Waals surface area contributed by atoms with Crippen LogP contribution in [0, 0.1) is 5.92 Å². The normalized spacial score (nSPS) is 18.0. The lowest BCUT2D eigenvalue weighted by molar-refractivity contribution is -0.126. The third-order valence-electron chi connectivity index (χ3n) is 3.76. The van der Waals surface area contributed by atoms with Gasteiger partial charge in [0.1, 0.15) is 0 Å². The van der Waals surface area contributed by atoms with Crippen LogP contribution >= 0.6 is 0 Å². The molecule has 1 aromatic rings. The Bertz CT molecular complexity index is 493. The highest BCUT2D eigenvalue weighted by molar-refractivity contribution is 5.80. The number of carbonyl (C=O) groups is 2. The first-order valence-electron chi connectivity index (χ1n) is 7.60. The Morgan fingerprint density at radius 1 is 1.32 bits per heavy atom. The number of carbonyl (C=O) groups excluding carboxylic acids is 2. The minimum Gasteiger partial charge on any atom is -0.375 e. The first-order chi connectivity index (χ1) is 10.7. The fourth-order valence-electron chi connectivity index (χ4n) is 2.55. The van der Waals surface area contributed by atoms with Gasteiger partial charge >= 0.3 is 6.03 Å². The summed E-state index contributed by atoms with van der Waals surface area (Å²) in [6, 6.07) is 9.44. The molecule has 2 rings (SSSR count). The standard InChI is InChI=1S/C16H23N3O3/c17-16(21)19-9-4-7-14(11-19)15(20)18-8-10-22-12-13-5-2-1-3-6-13/h1-3,5-6,14H,4,7-12H2,(H2,17,21)(H,18,20)/t14-/m0/s1. The lowest BCUT2D eigenvalue weighted by Gasteiger charge is -2.30. The Kier molecular flexibility index (Phi) is 6.21. The summed E-state index contributed by atoms with van der Waals surface area (Å²) >= 11 is 0. The van der Waals surface area contributed by atoms with Gasteiger partial charge in [-0.2, -0.15) is 0 Å². The van der Waals surface area contributed by atoms with Crippen molar-refractivity contribution in [1.82, 2.24) is 10.2 Å². The number of urea groups is 1. The van der Waals surface area contributed by atoms with E-state index in [1.54, 1.807) is 0 Å². The number of hydrogen-bond acceptors (Lipinski definition) is 3. The van der Waals surface area contributed by atoms with Gasteiger partial charge in [0.05, 0.1) is 19.1 Å². The zero-order chi connectivity index (χ0) is 15.8. The van der Waals surface area contributed by atoms with Crippen molar-refractivity contribution in [2.75, 3.05) is 26.2 Å². The smallest absolute Gasteiger partial charge is 0.314 e. The molecule has 0 aliphatic carbocycles. The van der Waals surface area contributed by atoms with E-state index in [-0.39, 0.29) is 11.8 Å². The molecule has 1 aliphatic rings. The SMILES string of the molecule is NC(=O)N1CCC[C@H](C(=O)NCCOCc2ccccc2)C1. The summed E-state index contributed by atoms with van der Waals surface area (Å²) in [5.41, 5.74) is 6.37. The number of likely N-dealkylation sites (tertiary alicyclic amines) is 1. The van der Waals surface area contributed by atoms with Crippen molar-refractivity contribution in [3.63, 3.8) is 0 Å². The maximum absolute atomic E-state index is 12.1. The second kappa shape index (κ2) is 8.38. The molecule has 0 unspecified atom stereocenters. The summed E-state index contributed by atoms with van der Waals surface area (Å²) in [5, 5.41) is 2.86. The van der Waals surface area contributed by atoms with Gasteiger partial charge in [0.25, 0.3) is 0 Å². The summed E-state index contributed by atoms with van der Waals surface area (Å²) in [4.78, 5) is 24.7. The number of nitrogens with one attached hydrogen (secondary N) is 1. The van der Waals surface area contributed by atoms with Gasteiger partial charge in [-0.15, -0.1) is 0 Å².